The van der Waals surface area contributed by atoms with E-state index in [2.05, 4.69) is 52.3 Å². The topological polar surface area (TPSA) is 184 Å². The molecule has 0 spiro atoms. The summed E-state index contributed by atoms with van der Waals surface area (Å²) in [5, 5.41) is 82.3. The summed E-state index contributed by atoms with van der Waals surface area (Å²) < 4.78 is 8.52. The Morgan fingerprint density at radius 2 is 0.486 bits per heavy atom. The van der Waals surface area contributed by atoms with Gasteiger partial charge in [-0.25, -0.2) is 0 Å². The van der Waals surface area contributed by atoms with E-state index in [1.807, 2.05) is 122 Å². The van der Waals surface area contributed by atoms with Gasteiger partial charge in [0.05, 0.1) is 26.2 Å². The summed E-state index contributed by atoms with van der Waals surface area (Å²) in [5.74, 6) is 0. The molecule has 0 aliphatic heterocycles. The smallest absolute Gasteiger partial charge is 0.423 e. The van der Waals surface area contributed by atoms with Crippen molar-refractivity contribution >= 4 is 50.3 Å². The minimum atomic E-state index is -1.62. The number of aromatic nitrogens is 4. The van der Waals surface area contributed by atoms with Crippen molar-refractivity contribution in [3.8, 4) is 0 Å². The van der Waals surface area contributed by atoms with Crippen LogP contribution in [0.2, 0.25) is 0 Å². The minimum Gasteiger partial charge on any atom is -0.423 e. The Labute approximate surface area is 422 Å². The molecule has 8 aromatic rings. The van der Waals surface area contributed by atoms with Crippen LogP contribution in [0, 0.1) is 0 Å². The lowest BCUT2D eigenvalue weighted by molar-refractivity contribution is -0.699. The number of rotatable bonds is 23. The third kappa shape index (κ3) is 13.6. The molecule has 8 N–H and O–H groups in total. The van der Waals surface area contributed by atoms with Gasteiger partial charge in [0.25, 0.3) is 0 Å². The summed E-state index contributed by atoms with van der Waals surface area (Å²) in [6, 6.07) is 53.5. The molecule has 0 unspecified atom stereocenters. The molecule has 0 atom stereocenters. The number of hydrogen-bond acceptors (Lipinski definition) is 10. The first kappa shape index (κ1) is 51.7. The molecule has 0 saturated carbocycles. The van der Waals surface area contributed by atoms with Crippen molar-refractivity contribution in [2.45, 2.75) is 52.4 Å². The minimum absolute atomic E-state index is 0.407. The SMILES string of the molecule is OB(O)c1ccccc1C[n+]1ccccc1CN(CCN(Cc1cccc[n+]1Cc1ccccc1B(O)O)Cc1cccc[n+]1Cc1ccccc1B(O)O)Cc1cccc[n+]1Cc1ccccc1B(O)O. The van der Waals surface area contributed by atoms with E-state index in [1.165, 1.54) is 0 Å². The second-order valence-corrected chi connectivity index (χ2v) is 18.0. The molecule has 72 heavy (non-hydrogen) atoms. The maximum absolute atomic E-state index is 10.3. The Bertz CT molecular complexity index is 2640. The Kier molecular flexibility index (Phi) is 18.0. The lowest BCUT2D eigenvalue weighted by Gasteiger charge is -2.26. The highest BCUT2D eigenvalue weighted by atomic mass is 16.4. The predicted octanol–water partition coefficient (Wildman–Crippen LogP) is -1.55. The van der Waals surface area contributed by atoms with Crippen molar-refractivity contribution in [2.75, 3.05) is 13.1 Å². The van der Waals surface area contributed by atoms with Crippen LogP contribution in [0.4, 0.5) is 0 Å². The molecule has 0 aliphatic carbocycles. The summed E-state index contributed by atoms with van der Waals surface area (Å²) in [6.45, 7) is 4.84. The molecule has 0 saturated heterocycles. The van der Waals surface area contributed by atoms with E-state index >= 15 is 0 Å². The first-order valence-electron chi connectivity index (χ1n) is 24.1. The fourth-order valence-corrected chi connectivity index (χ4v) is 9.32. The second-order valence-electron chi connectivity index (χ2n) is 18.0. The van der Waals surface area contributed by atoms with Crippen LogP contribution in [-0.4, -0.2) is 91.6 Å². The fourth-order valence-electron chi connectivity index (χ4n) is 9.32. The average molecular weight is 964 g/mol. The van der Waals surface area contributed by atoms with Crippen molar-refractivity contribution in [1.82, 2.24) is 9.80 Å². The van der Waals surface area contributed by atoms with E-state index in [9.17, 15) is 40.2 Å². The van der Waals surface area contributed by atoms with E-state index in [0.717, 1.165) is 45.0 Å². The van der Waals surface area contributed by atoms with Gasteiger partial charge in [0, 0.05) is 83.9 Å². The zero-order valence-corrected chi connectivity index (χ0v) is 40.1. The zero-order chi connectivity index (χ0) is 50.4. The molecule has 0 bridgehead atoms. The lowest BCUT2D eigenvalue weighted by Crippen LogP contribution is -2.48. The molecule has 4 aromatic carbocycles. The standard InChI is InChI=1S/C54H60B4N6O8/c65-55(66)51-25-5-1-17-43(51)35-61-29-13-9-21-47(61)39-59(40-48-22-10-14-30-62(48)36-44-18-2-6-26-52(44)56(67)68)33-34-60(41-49-23-11-15-31-63(49)37-45-19-3-7-27-53(45)57(69)70)42-50-24-12-16-32-64(50)38-46-20-4-8-28-54(46)58(71)72/h1-32,65-72H,33-42H2/q+4. The Hall–Kier alpha value is -6.66. The number of hydrogen-bond donors (Lipinski definition) is 8. The highest BCUT2D eigenvalue weighted by Crippen LogP contribution is 2.13. The third-order valence-electron chi connectivity index (χ3n) is 13.1. The van der Waals surface area contributed by atoms with Gasteiger partial charge in [0.15, 0.2) is 73.7 Å². The average Bonchev–Trinajstić information content (AvgIpc) is 3.38. The number of benzene rings is 4. The lowest BCUT2D eigenvalue weighted by atomic mass is 9.77. The molecule has 0 radical (unpaired) electrons. The van der Waals surface area contributed by atoms with Gasteiger partial charge >= 0.3 is 28.5 Å². The summed E-state index contributed by atoms with van der Waals surface area (Å²) in [4.78, 5) is 4.78. The fraction of sp³-hybridized carbons (Fsp3) is 0.185. The van der Waals surface area contributed by atoms with Crippen LogP contribution in [0.25, 0.3) is 0 Å². The van der Waals surface area contributed by atoms with E-state index in [-0.39, 0.29) is 0 Å². The molecule has 14 nitrogen and oxygen atoms in total. The molecule has 18 heteroatoms. The van der Waals surface area contributed by atoms with Crippen LogP contribution >= 0.6 is 0 Å². The monoisotopic (exact) mass is 964 g/mol. The zero-order valence-electron chi connectivity index (χ0n) is 40.1. The Morgan fingerprint density at radius 1 is 0.278 bits per heavy atom. The molecule has 0 fully saturated rings. The summed E-state index contributed by atoms with van der Waals surface area (Å²) in [6.07, 6.45) is 8.02. The van der Waals surface area contributed by atoms with E-state index in [0.29, 0.717) is 87.3 Å². The van der Waals surface area contributed by atoms with E-state index < -0.39 is 28.5 Å². The van der Waals surface area contributed by atoms with Crippen LogP contribution in [-0.2, 0) is 52.4 Å². The Morgan fingerprint density at radius 3 is 0.708 bits per heavy atom. The van der Waals surface area contributed by atoms with E-state index in [1.54, 1.807) is 48.5 Å². The van der Waals surface area contributed by atoms with Gasteiger partial charge < -0.3 is 40.2 Å². The van der Waals surface area contributed by atoms with Crippen molar-refractivity contribution in [1.29, 1.82) is 0 Å². The summed E-state index contributed by atoms with van der Waals surface area (Å²) in [7, 11) is -6.50. The van der Waals surface area contributed by atoms with Crippen molar-refractivity contribution in [2.24, 2.45) is 0 Å². The predicted molar refractivity (Wildman–Crippen MR) is 276 cm³/mol. The van der Waals surface area contributed by atoms with Gasteiger partial charge in [-0.2, -0.15) is 18.3 Å². The van der Waals surface area contributed by atoms with E-state index in [4.69, 9.17) is 0 Å². The second kappa shape index (κ2) is 25.1. The normalized spacial score (nSPS) is 11.3. The van der Waals surface area contributed by atoms with Gasteiger partial charge in [-0.05, 0) is 21.9 Å². The molecule has 362 valence electrons. The Balaban J connectivity index is 1.16. The molecule has 0 aliphatic rings. The third-order valence-corrected chi connectivity index (χ3v) is 13.1. The molecular formula is C54H60B4N6O8+4. The van der Waals surface area contributed by atoms with Crippen LogP contribution < -0.4 is 40.1 Å². The number of nitrogens with zero attached hydrogens (tertiary/aromatic N) is 6. The van der Waals surface area contributed by atoms with Gasteiger partial charge in [-0.3, -0.25) is 9.80 Å². The molecule has 4 aromatic heterocycles. The van der Waals surface area contributed by atoms with Gasteiger partial charge in [-0.15, -0.1) is 0 Å². The highest BCUT2D eigenvalue weighted by Gasteiger charge is 2.28. The molecule has 0 amide bonds. The number of pyridine rings is 4. The van der Waals surface area contributed by atoms with Gasteiger partial charge in [0.2, 0.25) is 0 Å². The largest absolute Gasteiger partial charge is 0.488 e. The maximum atomic E-state index is 10.3. The van der Waals surface area contributed by atoms with Crippen LogP contribution in [0.3, 0.4) is 0 Å². The first-order valence-corrected chi connectivity index (χ1v) is 24.1. The first-order chi connectivity index (χ1) is 35.0. The van der Waals surface area contributed by atoms with Gasteiger partial charge in [0.1, 0.15) is 0 Å². The van der Waals surface area contributed by atoms with Gasteiger partial charge in [-0.1, -0.05) is 121 Å². The molecule has 8 rings (SSSR count). The highest BCUT2D eigenvalue weighted by molar-refractivity contribution is 6.60. The van der Waals surface area contributed by atoms with Crippen LogP contribution in [0.1, 0.15) is 45.0 Å². The summed E-state index contributed by atoms with van der Waals surface area (Å²) in [5.41, 5.74) is 8.89. The van der Waals surface area contributed by atoms with Crippen molar-refractivity contribution < 1.29 is 58.5 Å². The van der Waals surface area contributed by atoms with Crippen molar-refractivity contribution in [3.63, 3.8) is 0 Å². The molecular weight excluding hydrogens is 904 g/mol. The maximum Gasteiger partial charge on any atom is 0.488 e. The molecule has 4 heterocycles. The quantitative estimate of drug-likeness (QED) is 0.0277. The summed E-state index contributed by atoms with van der Waals surface area (Å²) >= 11 is 0. The van der Waals surface area contributed by atoms with Crippen LogP contribution in [0.15, 0.2) is 195 Å². The van der Waals surface area contributed by atoms with Crippen molar-refractivity contribution in [3.05, 3.63) is 240 Å². The van der Waals surface area contributed by atoms with Crippen LogP contribution in [0.5, 0.6) is 0 Å².